The molecule has 1 aromatic heterocycles. The van der Waals surface area contributed by atoms with Crippen LogP contribution in [-0.2, 0) is 10.0 Å². The minimum absolute atomic E-state index is 0.372. The van der Waals surface area contributed by atoms with Gasteiger partial charge in [-0.2, -0.15) is 4.31 Å². The monoisotopic (exact) mass is 366 g/mol. The molecule has 0 radical (unpaired) electrons. The molecule has 2 aromatic rings. The van der Waals surface area contributed by atoms with Crippen molar-refractivity contribution >= 4 is 27.0 Å². The molecule has 0 spiro atoms. The highest BCUT2D eigenvalue weighted by Crippen LogP contribution is 2.33. The molecule has 1 aliphatic heterocycles. The Labute approximate surface area is 147 Å². The first kappa shape index (κ1) is 17.3. The van der Waals surface area contributed by atoms with Crippen molar-refractivity contribution < 1.29 is 13.2 Å². The van der Waals surface area contributed by atoms with Gasteiger partial charge in [0.05, 0.1) is 6.61 Å². The minimum Gasteiger partial charge on any atom is -0.493 e. The number of aryl methyl sites for hydroxylation is 1. The van der Waals surface area contributed by atoms with Crippen molar-refractivity contribution in [2.24, 2.45) is 0 Å². The molecule has 0 atom stereocenters. The zero-order chi connectivity index (χ0) is 17.2. The van der Waals surface area contributed by atoms with Gasteiger partial charge >= 0.3 is 0 Å². The molecule has 0 N–H and O–H groups in total. The summed E-state index contributed by atoms with van der Waals surface area (Å²) >= 11 is 1.28. The number of rotatable bonds is 5. The van der Waals surface area contributed by atoms with Gasteiger partial charge in [-0.3, -0.25) is 0 Å². The molecule has 3 rings (SSSR count). The van der Waals surface area contributed by atoms with Crippen molar-refractivity contribution in [3.63, 3.8) is 0 Å². The van der Waals surface area contributed by atoms with Gasteiger partial charge in [0.1, 0.15) is 9.96 Å². The van der Waals surface area contributed by atoms with Gasteiger partial charge in [-0.15, -0.1) is 11.3 Å². The molecule has 5 nitrogen and oxygen atoms in total. The normalized spacial score (nSPS) is 16.3. The van der Waals surface area contributed by atoms with E-state index in [9.17, 15) is 8.42 Å². The number of hydrogen-bond donors (Lipinski definition) is 0. The van der Waals surface area contributed by atoms with Crippen molar-refractivity contribution in [3.05, 3.63) is 41.3 Å². The summed E-state index contributed by atoms with van der Waals surface area (Å²) < 4.78 is 33.2. The van der Waals surface area contributed by atoms with E-state index in [-0.39, 0.29) is 0 Å². The van der Waals surface area contributed by atoms with Gasteiger partial charge in [0.15, 0.2) is 0 Å². The SMILES string of the molecule is CCOc1cc(S(=O)(=O)N2CCN(c3ccccc3)CC2)sc1C. The Bertz CT molecular complexity index is 779. The van der Waals surface area contributed by atoms with Crippen LogP contribution in [0, 0.1) is 6.92 Å². The number of sulfonamides is 1. The van der Waals surface area contributed by atoms with E-state index in [0.717, 1.165) is 10.6 Å². The summed E-state index contributed by atoms with van der Waals surface area (Å²) in [6, 6.07) is 11.8. The second kappa shape index (κ2) is 7.13. The van der Waals surface area contributed by atoms with Gasteiger partial charge in [0, 0.05) is 42.8 Å². The smallest absolute Gasteiger partial charge is 0.252 e. The molecule has 0 aliphatic carbocycles. The Kier molecular flexibility index (Phi) is 5.12. The van der Waals surface area contributed by atoms with E-state index >= 15 is 0 Å². The summed E-state index contributed by atoms with van der Waals surface area (Å²) in [5, 5.41) is 0. The van der Waals surface area contributed by atoms with Crippen molar-refractivity contribution in [3.8, 4) is 5.75 Å². The van der Waals surface area contributed by atoms with Crippen LogP contribution in [-0.4, -0.2) is 45.5 Å². The van der Waals surface area contributed by atoms with E-state index in [1.807, 2.05) is 32.0 Å². The van der Waals surface area contributed by atoms with E-state index in [0.29, 0.717) is 42.7 Å². The zero-order valence-corrected chi connectivity index (χ0v) is 15.6. The number of thiophene rings is 1. The minimum atomic E-state index is -3.44. The molecule has 130 valence electrons. The number of para-hydroxylation sites is 1. The summed E-state index contributed by atoms with van der Waals surface area (Å²) in [6.07, 6.45) is 0. The third-order valence-corrected chi connectivity index (χ3v) is 7.48. The Morgan fingerprint density at radius 1 is 1.12 bits per heavy atom. The average molecular weight is 367 g/mol. The van der Waals surface area contributed by atoms with Crippen LogP contribution in [0.15, 0.2) is 40.6 Å². The van der Waals surface area contributed by atoms with Gasteiger partial charge < -0.3 is 9.64 Å². The third kappa shape index (κ3) is 3.43. The number of ether oxygens (including phenoxy) is 1. The maximum Gasteiger partial charge on any atom is 0.252 e. The Morgan fingerprint density at radius 2 is 1.79 bits per heavy atom. The van der Waals surface area contributed by atoms with Gasteiger partial charge in [-0.1, -0.05) is 18.2 Å². The molecular weight excluding hydrogens is 344 g/mol. The lowest BCUT2D eigenvalue weighted by molar-refractivity contribution is 0.339. The fourth-order valence-corrected chi connectivity index (χ4v) is 5.77. The van der Waals surface area contributed by atoms with Gasteiger partial charge in [-0.05, 0) is 26.0 Å². The Hall–Kier alpha value is -1.57. The van der Waals surface area contributed by atoms with Crippen LogP contribution in [0.4, 0.5) is 5.69 Å². The summed E-state index contributed by atoms with van der Waals surface area (Å²) in [7, 11) is -3.44. The predicted octanol–water partition coefficient (Wildman–Crippen LogP) is 2.97. The molecule has 0 amide bonds. The summed E-state index contributed by atoms with van der Waals surface area (Å²) in [5.41, 5.74) is 1.14. The van der Waals surface area contributed by atoms with Gasteiger partial charge in [0.2, 0.25) is 0 Å². The van der Waals surface area contributed by atoms with E-state index < -0.39 is 10.0 Å². The number of benzene rings is 1. The molecule has 7 heteroatoms. The second-order valence-electron chi connectivity index (χ2n) is 5.65. The van der Waals surface area contributed by atoms with Gasteiger partial charge in [0.25, 0.3) is 10.0 Å². The topological polar surface area (TPSA) is 49.9 Å². The lowest BCUT2D eigenvalue weighted by Crippen LogP contribution is -2.48. The lowest BCUT2D eigenvalue weighted by atomic mass is 10.2. The van der Waals surface area contributed by atoms with Crippen molar-refractivity contribution in [2.75, 3.05) is 37.7 Å². The molecule has 1 aliphatic rings. The van der Waals surface area contributed by atoms with Crippen molar-refractivity contribution in [2.45, 2.75) is 18.1 Å². The van der Waals surface area contributed by atoms with E-state index in [1.165, 1.54) is 11.3 Å². The van der Waals surface area contributed by atoms with Crippen LogP contribution in [0.2, 0.25) is 0 Å². The standard InChI is InChI=1S/C17H22N2O3S2/c1-3-22-16-13-17(23-14(16)2)24(20,21)19-11-9-18(10-12-19)15-7-5-4-6-8-15/h4-8,13H,3,9-12H2,1-2H3. The van der Waals surface area contributed by atoms with E-state index in [1.54, 1.807) is 10.4 Å². The third-order valence-electron chi connectivity index (χ3n) is 4.10. The van der Waals surface area contributed by atoms with E-state index in [4.69, 9.17) is 4.74 Å². The highest BCUT2D eigenvalue weighted by atomic mass is 32.2. The van der Waals surface area contributed by atoms with Gasteiger partial charge in [-0.25, -0.2) is 8.42 Å². The van der Waals surface area contributed by atoms with Crippen molar-refractivity contribution in [1.29, 1.82) is 0 Å². The first-order valence-electron chi connectivity index (χ1n) is 8.05. The maximum atomic E-state index is 12.9. The van der Waals surface area contributed by atoms with Crippen LogP contribution in [0.3, 0.4) is 0 Å². The van der Waals surface area contributed by atoms with Crippen LogP contribution < -0.4 is 9.64 Å². The molecule has 2 heterocycles. The van der Waals surface area contributed by atoms with Crippen LogP contribution in [0.25, 0.3) is 0 Å². The quantitative estimate of drug-likeness (QED) is 0.816. The average Bonchev–Trinajstić information content (AvgIpc) is 2.98. The van der Waals surface area contributed by atoms with Crippen LogP contribution >= 0.6 is 11.3 Å². The second-order valence-corrected chi connectivity index (χ2v) is 9.07. The number of nitrogens with zero attached hydrogens (tertiary/aromatic N) is 2. The fraction of sp³-hybridized carbons (Fsp3) is 0.412. The Morgan fingerprint density at radius 3 is 2.42 bits per heavy atom. The molecule has 0 unspecified atom stereocenters. The zero-order valence-electron chi connectivity index (χ0n) is 13.9. The molecule has 0 saturated carbocycles. The Balaban J connectivity index is 1.72. The summed E-state index contributed by atoms with van der Waals surface area (Å²) in [4.78, 5) is 3.12. The van der Waals surface area contributed by atoms with Crippen LogP contribution in [0.1, 0.15) is 11.8 Å². The highest BCUT2D eigenvalue weighted by molar-refractivity contribution is 7.91. The highest BCUT2D eigenvalue weighted by Gasteiger charge is 2.30. The number of anilines is 1. The molecule has 1 fully saturated rings. The molecule has 1 aromatic carbocycles. The summed E-state index contributed by atoms with van der Waals surface area (Å²) in [5.74, 6) is 0.670. The maximum absolute atomic E-state index is 12.9. The fourth-order valence-electron chi connectivity index (χ4n) is 2.82. The first-order valence-corrected chi connectivity index (χ1v) is 10.3. The largest absolute Gasteiger partial charge is 0.493 e. The lowest BCUT2D eigenvalue weighted by Gasteiger charge is -2.35. The molecule has 1 saturated heterocycles. The molecule has 0 bridgehead atoms. The van der Waals surface area contributed by atoms with E-state index in [2.05, 4.69) is 17.0 Å². The summed E-state index contributed by atoms with van der Waals surface area (Å²) in [6.45, 7) is 6.72. The first-order chi connectivity index (χ1) is 11.5. The number of hydrogen-bond acceptors (Lipinski definition) is 5. The molecule has 24 heavy (non-hydrogen) atoms. The molecular formula is C17H22N2O3S2. The van der Waals surface area contributed by atoms with Crippen molar-refractivity contribution in [1.82, 2.24) is 4.31 Å². The number of piperazine rings is 1. The van der Waals surface area contributed by atoms with Crippen LogP contribution in [0.5, 0.6) is 5.75 Å². The predicted molar refractivity (Wildman–Crippen MR) is 97.6 cm³/mol.